The van der Waals surface area contributed by atoms with E-state index < -0.39 is 115 Å². The van der Waals surface area contributed by atoms with E-state index in [1.165, 1.54) is 19.0 Å². The summed E-state index contributed by atoms with van der Waals surface area (Å²) in [6, 6.07) is -1.39. The highest BCUT2D eigenvalue weighted by molar-refractivity contribution is 7.88. The number of primary amides is 1. The van der Waals surface area contributed by atoms with Crippen LogP contribution in [0.15, 0.2) is 23.0 Å². The lowest BCUT2D eigenvalue weighted by Gasteiger charge is -2.46. The number of aliphatic hydroxyl groups is 2. The fourth-order valence-corrected chi connectivity index (χ4v) is 8.05. The molecule has 1 aliphatic heterocycles. The van der Waals surface area contributed by atoms with E-state index >= 15 is 0 Å². The molecule has 5 rings (SSSR count). The van der Waals surface area contributed by atoms with Gasteiger partial charge in [-0.1, -0.05) is 0 Å². The highest BCUT2D eigenvalue weighted by Gasteiger charge is 2.56. The number of allylic oxidation sites excluding steroid dienone is 1. The van der Waals surface area contributed by atoms with Gasteiger partial charge in [0, 0.05) is 31.2 Å². The van der Waals surface area contributed by atoms with Crippen molar-refractivity contribution >= 4 is 33.3 Å². The summed E-state index contributed by atoms with van der Waals surface area (Å²) in [5.41, 5.74) is 1.57. The van der Waals surface area contributed by atoms with Crippen molar-refractivity contribution in [1.82, 2.24) is 14.5 Å². The fourth-order valence-electron chi connectivity index (χ4n) is 7.21. The number of carbonyl (C=O) groups excluding carboxylic acids is 3. The predicted molar refractivity (Wildman–Crippen MR) is 145 cm³/mol. The molecule has 1 heterocycles. The highest BCUT2D eigenvalue weighted by Crippen LogP contribution is 2.53. The Morgan fingerprint density at radius 3 is 2.37 bits per heavy atom. The van der Waals surface area contributed by atoms with E-state index in [0.717, 1.165) is 16.6 Å². The number of aromatic hydroxyl groups is 1. The summed E-state index contributed by atoms with van der Waals surface area (Å²) in [4.78, 5) is 40.6. The molecule has 2 unspecified atom stereocenters. The number of phenols is 1. The van der Waals surface area contributed by atoms with E-state index in [1.807, 2.05) is 0 Å². The van der Waals surface area contributed by atoms with Crippen molar-refractivity contribution in [1.29, 1.82) is 0 Å². The van der Waals surface area contributed by atoms with E-state index in [2.05, 4.69) is 5.32 Å². The van der Waals surface area contributed by atoms with Gasteiger partial charge >= 0.3 is 6.18 Å². The molecule has 234 valence electrons. The maximum Gasteiger partial charge on any atom is 0.417 e. The van der Waals surface area contributed by atoms with E-state index in [0.29, 0.717) is 0 Å². The Hall–Kier alpha value is -3.47. The zero-order valence-electron chi connectivity index (χ0n) is 23.4. The van der Waals surface area contributed by atoms with Gasteiger partial charge in [0.2, 0.25) is 10.0 Å². The normalized spacial score (nSPS) is 28.6. The number of aliphatic hydroxyl groups excluding tert-OH is 2. The monoisotopic (exact) mass is 628 g/mol. The summed E-state index contributed by atoms with van der Waals surface area (Å²) in [5, 5.41) is 36.0. The molecule has 0 bridgehead atoms. The number of likely N-dealkylation sites (N-methyl/N-ethyl adjacent to an activating group) is 1. The molecule has 4 aliphatic rings. The zero-order chi connectivity index (χ0) is 31.9. The number of carbonyl (C=O) groups is 3. The number of hydrogen-bond acceptors (Lipinski definition) is 10. The number of halogens is 3. The van der Waals surface area contributed by atoms with Crippen LogP contribution in [0.25, 0.3) is 5.76 Å². The summed E-state index contributed by atoms with van der Waals surface area (Å²) in [7, 11) is -0.682. The number of amides is 1. The summed E-state index contributed by atoms with van der Waals surface area (Å²) in [6.07, 6.45) is -4.64. The summed E-state index contributed by atoms with van der Waals surface area (Å²) < 4.78 is 69.7. The Morgan fingerprint density at radius 1 is 1.16 bits per heavy atom. The van der Waals surface area contributed by atoms with Crippen LogP contribution in [-0.4, -0.2) is 96.4 Å². The second-order valence-electron chi connectivity index (χ2n) is 11.6. The first-order valence-corrected chi connectivity index (χ1v) is 15.3. The smallest absolute Gasteiger partial charge is 0.417 e. The number of nitrogens with one attached hydrogen (secondary N) is 1. The Bertz CT molecular complexity index is 1620. The summed E-state index contributed by atoms with van der Waals surface area (Å²) in [5.74, 6) is -9.08. The summed E-state index contributed by atoms with van der Waals surface area (Å²) >= 11 is 0. The first-order chi connectivity index (χ1) is 19.9. The predicted octanol–water partition coefficient (Wildman–Crippen LogP) is 0.774. The Morgan fingerprint density at radius 2 is 1.81 bits per heavy atom. The van der Waals surface area contributed by atoms with Crippen LogP contribution < -0.4 is 11.1 Å². The van der Waals surface area contributed by atoms with Gasteiger partial charge in [0.25, 0.3) is 5.91 Å². The van der Waals surface area contributed by atoms with Crippen molar-refractivity contribution in [3.63, 3.8) is 0 Å². The van der Waals surface area contributed by atoms with Crippen LogP contribution in [0, 0.1) is 17.8 Å². The van der Waals surface area contributed by atoms with Crippen molar-refractivity contribution in [2.24, 2.45) is 23.5 Å². The van der Waals surface area contributed by atoms with Crippen LogP contribution in [0.2, 0.25) is 0 Å². The number of alkyl halides is 3. The molecule has 3 aliphatic carbocycles. The topological polar surface area (TPSA) is 191 Å². The minimum absolute atomic E-state index is 0.0394. The van der Waals surface area contributed by atoms with Gasteiger partial charge in [0.1, 0.15) is 22.8 Å². The van der Waals surface area contributed by atoms with Crippen LogP contribution >= 0.6 is 0 Å². The number of piperazine rings is 1. The number of nitrogens with zero attached hydrogens (tertiary/aromatic N) is 2. The highest BCUT2D eigenvalue weighted by atomic mass is 32.2. The standard InChI is InChI=1S/C27H31F3N4O8S/c1-33(2)21-13-7-10-6-12-17(22(36)16(10)23(37)18(13)24(38)19(25(21)39)26(31)40)15(35)8-11(20(12)27(28,29)30)14-9-34(5-4-32-14)43(3,41)42/h8,10,13-14,18,21,32,35-36,39H,4-7,9H2,1-3H3,(H2,31,40)/t10-,13+,14?,18?,21-/m0/s1. The molecule has 0 aromatic heterocycles. The lowest BCUT2D eigenvalue weighted by molar-refractivity contribution is -0.139. The van der Waals surface area contributed by atoms with Crippen LogP contribution in [-0.2, 0) is 37.0 Å². The molecule has 6 N–H and O–H groups in total. The van der Waals surface area contributed by atoms with Crippen LogP contribution in [0.3, 0.4) is 0 Å². The molecule has 12 nitrogen and oxygen atoms in total. The first-order valence-electron chi connectivity index (χ1n) is 13.4. The molecule has 1 aromatic rings. The minimum atomic E-state index is -5.01. The molecule has 5 atom stereocenters. The second-order valence-corrected chi connectivity index (χ2v) is 13.6. The minimum Gasteiger partial charge on any atom is -0.510 e. The molecule has 0 radical (unpaired) electrons. The van der Waals surface area contributed by atoms with E-state index in [4.69, 9.17) is 5.73 Å². The molecule has 1 aromatic carbocycles. The van der Waals surface area contributed by atoms with E-state index in [9.17, 15) is 51.3 Å². The maximum atomic E-state index is 14.8. The third-order valence-corrected chi connectivity index (χ3v) is 10.1. The number of sulfonamides is 1. The number of phenolic OH excluding ortho intramolecular Hbond substituents is 1. The number of benzene rings is 1. The largest absolute Gasteiger partial charge is 0.510 e. The number of hydrogen-bond donors (Lipinski definition) is 5. The van der Waals surface area contributed by atoms with Gasteiger partial charge in [-0.15, -0.1) is 0 Å². The van der Waals surface area contributed by atoms with Gasteiger partial charge < -0.3 is 26.4 Å². The fraction of sp³-hybridized carbons (Fsp3) is 0.519. The molecule has 1 amide bonds. The van der Waals surface area contributed by atoms with Gasteiger partial charge in [0.15, 0.2) is 11.6 Å². The van der Waals surface area contributed by atoms with Crippen LogP contribution in [0.4, 0.5) is 13.2 Å². The van der Waals surface area contributed by atoms with Crippen LogP contribution in [0.5, 0.6) is 5.75 Å². The lowest BCUT2D eigenvalue weighted by Crippen LogP contribution is -2.55. The first kappa shape index (κ1) is 31.0. The van der Waals surface area contributed by atoms with Gasteiger partial charge in [-0.25, -0.2) is 8.42 Å². The molecule has 1 saturated carbocycles. The third-order valence-electron chi connectivity index (χ3n) is 8.86. The van der Waals surface area contributed by atoms with Crippen LogP contribution in [0.1, 0.15) is 34.7 Å². The van der Waals surface area contributed by atoms with E-state index in [1.54, 1.807) is 0 Å². The molecular weight excluding hydrogens is 597 g/mol. The average Bonchev–Trinajstić information content (AvgIpc) is 2.86. The van der Waals surface area contributed by atoms with Gasteiger partial charge in [-0.05, 0) is 56.0 Å². The molecule has 16 heteroatoms. The third kappa shape index (κ3) is 4.89. The van der Waals surface area contributed by atoms with Crippen molar-refractivity contribution in [2.45, 2.75) is 31.1 Å². The second kappa shape index (κ2) is 10.3. The number of fused-ring (bicyclic) bond motifs is 3. The Balaban J connectivity index is 1.68. The van der Waals surface area contributed by atoms with Crippen molar-refractivity contribution < 1.29 is 51.3 Å². The van der Waals surface area contributed by atoms with E-state index in [-0.39, 0.29) is 31.6 Å². The number of nitrogens with two attached hydrogens (primary N) is 1. The number of rotatable bonds is 4. The average molecular weight is 629 g/mol. The van der Waals surface area contributed by atoms with Crippen molar-refractivity contribution in [3.05, 3.63) is 45.2 Å². The Kier molecular flexibility index (Phi) is 7.43. The van der Waals surface area contributed by atoms with Crippen molar-refractivity contribution in [3.8, 4) is 5.75 Å². The molecule has 2 fully saturated rings. The lowest BCUT2D eigenvalue weighted by atomic mass is 9.59. The van der Waals surface area contributed by atoms with Gasteiger partial charge in [-0.3, -0.25) is 19.3 Å². The summed E-state index contributed by atoms with van der Waals surface area (Å²) in [6.45, 7) is -0.246. The number of Topliss-reactive ketones (excluding diaryl/α,β-unsaturated/α-hetero) is 2. The van der Waals surface area contributed by atoms with Crippen molar-refractivity contribution in [2.75, 3.05) is 40.0 Å². The number of ketones is 2. The SMILES string of the molecule is CN(C)[C@@H]1C(O)=C(C(N)=O)C(=O)C2C(=O)C3=C(O)c4c(O)cc(C5CN(S(C)(=O)=O)CCN5)c(C(F)(F)F)c4C[C@H]3C[C@H]21. The quantitative estimate of drug-likeness (QED) is 0.235. The van der Waals surface area contributed by atoms with Gasteiger partial charge in [-0.2, -0.15) is 17.5 Å². The maximum absolute atomic E-state index is 14.8. The van der Waals surface area contributed by atoms with Gasteiger partial charge in [0.05, 0.1) is 29.3 Å². The zero-order valence-corrected chi connectivity index (χ0v) is 24.2. The molecule has 43 heavy (non-hydrogen) atoms. The molecular formula is C27H31F3N4O8S. The molecule has 0 spiro atoms. The Labute approximate surface area is 244 Å². The molecule has 1 saturated heterocycles.